The number of aliphatic hydroxyl groups is 2. The number of nitrogens with one attached hydrogen (secondary N) is 4. The monoisotopic (exact) mass is 714 g/mol. The van der Waals surface area contributed by atoms with Crippen molar-refractivity contribution >= 4 is 29.4 Å². The number of amides is 4. The van der Waals surface area contributed by atoms with Gasteiger partial charge in [-0.1, -0.05) is 52.4 Å². The summed E-state index contributed by atoms with van der Waals surface area (Å²) in [7, 11) is 0. The van der Waals surface area contributed by atoms with Gasteiger partial charge in [0.2, 0.25) is 23.6 Å². The Bertz CT molecular complexity index is 967. The minimum atomic E-state index is -1.17. The topological polar surface area (TPSA) is 202 Å². The lowest BCUT2D eigenvalue weighted by Crippen LogP contribution is -2.59. The van der Waals surface area contributed by atoms with Gasteiger partial charge in [-0.05, 0) is 32.1 Å². The molecule has 1 fully saturated rings. The summed E-state index contributed by atoms with van der Waals surface area (Å²) in [5.41, 5.74) is 0. The third-order valence-corrected chi connectivity index (χ3v) is 8.51. The number of carbonyl (C=O) groups excluding carboxylic acids is 5. The first-order valence-corrected chi connectivity index (χ1v) is 18.7. The summed E-state index contributed by atoms with van der Waals surface area (Å²) in [6, 6.07) is -0.663. The zero-order valence-electron chi connectivity index (χ0n) is 30.8. The molecule has 1 rings (SSSR count). The Hall–Kier alpha value is -2.65. The quantitative estimate of drug-likeness (QED) is 0.0599. The van der Waals surface area contributed by atoms with Crippen LogP contribution in [-0.4, -0.2) is 117 Å². The molecule has 6 N–H and O–H groups in total. The molecule has 4 atom stereocenters. The average Bonchev–Trinajstić information content (AvgIpc) is 3.07. The lowest BCUT2D eigenvalue weighted by atomic mass is 9.98. The lowest BCUT2D eigenvalue weighted by molar-refractivity contribution is -0.169. The molecule has 14 heteroatoms. The highest BCUT2D eigenvalue weighted by Crippen LogP contribution is 2.16. The normalized spacial score (nSPS) is 18.8. The van der Waals surface area contributed by atoms with Crippen molar-refractivity contribution < 1.29 is 48.4 Å². The van der Waals surface area contributed by atoms with Crippen LogP contribution in [0.2, 0.25) is 0 Å². The standard InChI is InChI=1S/C36H66N4O10/c1-27(2)30(42)15-10-8-6-4-5-7-9-11-16-33(44)39-21-24-48-23-18-34(45)38-20-14-19-37-32(43)17-12-13-22-49-26-31-36(47)35(46)29(25-50-31)40-28(3)41/h27,29,31,35-36,46-47H,4-26H2,1-3H3,(H,37,43)(H,38,45)(H,39,44)(H,40,41)/t29-,31+,35+,36-/m0/s1. The minimum absolute atomic E-state index is 0.0203. The maximum absolute atomic E-state index is 12.0. The highest BCUT2D eigenvalue weighted by atomic mass is 16.5. The van der Waals surface area contributed by atoms with Crippen LogP contribution in [0.15, 0.2) is 0 Å². The van der Waals surface area contributed by atoms with E-state index in [-0.39, 0.29) is 55.8 Å². The first-order valence-electron chi connectivity index (χ1n) is 18.7. The minimum Gasteiger partial charge on any atom is -0.388 e. The Labute approximate surface area is 298 Å². The summed E-state index contributed by atoms with van der Waals surface area (Å²) in [5.74, 6) is -0.000324. The molecule has 50 heavy (non-hydrogen) atoms. The number of ether oxygens (including phenoxy) is 3. The predicted molar refractivity (Wildman–Crippen MR) is 189 cm³/mol. The molecule has 0 aromatic heterocycles. The van der Waals surface area contributed by atoms with Crippen LogP contribution in [-0.2, 0) is 38.2 Å². The van der Waals surface area contributed by atoms with Crippen LogP contribution >= 0.6 is 0 Å². The van der Waals surface area contributed by atoms with E-state index in [9.17, 15) is 34.2 Å². The molecule has 0 bridgehead atoms. The van der Waals surface area contributed by atoms with Crippen molar-refractivity contribution in [2.75, 3.05) is 52.7 Å². The maximum Gasteiger partial charge on any atom is 0.222 e. The number of hydrogen-bond acceptors (Lipinski definition) is 10. The Balaban J connectivity index is 1.86. The van der Waals surface area contributed by atoms with Gasteiger partial charge in [-0.2, -0.15) is 0 Å². The number of Topliss-reactive ketones (excluding diaryl/α,β-unsaturated/α-hetero) is 1. The molecule has 0 spiro atoms. The second-order valence-corrected chi connectivity index (χ2v) is 13.4. The van der Waals surface area contributed by atoms with Gasteiger partial charge in [0, 0.05) is 64.8 Å². The third kappa shape index (κ3) is 23.7. The second-order valence-electron chi connectivity index (χ2n) is 13.4. The fourth-order valence-electron chi connectivity index (χ4n) is 5.38. The fourth-order valence-corrected chi connectivity index (χ4v) is 5.38. The summed E-state index contributed by atoms with van der Waals surface area (Å²) in [4.78, 5) is 58.8. The van der Waals surface area contributed by atoms with E-state index in [1.807, 2.05) is 13.8 Å². The van der Waals surface area contributed by atoms with Crippen LogP contribution in [0, 0.1) is 5.92 Å². The molecule has 1 saturated heterocycles. The summed E-state index contributed by atoms with van der Waals surface area (Å²) in [5, 5.41) is 31.4. The van der Waals surface area contributed by atoms with Crippen molar-refractivity contribution in [3.05, 3.63) is 0 Å². The van der Waals surface area contributed by atoms with Gasteiger partial charge in [-0.15, -0.1) is 0 Å². The predicted octanol–water partition coefficient (Wildman–Crippen LogP) is 2.07. The molecule has 0 aliphatic carbocycles. The van der Waals surface area contributed by atoms with Crippen molar-refractivity contribution in [3.8, 4) is 0 Å². The van der Waals surface area contributed by atoms with Gasteiger partial charge in [0.15, 0.2) is 0 Å². The van der Waals surface area contributed by atoms with Crippen molar-refractivity contribution in [1.82, 2.24) is 21.3 Å². The van der Waals surface area contributed by atoms with E-state index in [0.717, 1.165) is 32.1 Å². The number of rotatable bonds is 30. The number of unbranched alkanes of at least 4 members (excludes halogenated alkanes) is 8. The molecule has 0 aromatic rings. The van der Waals surface area contributed by atoms with Gasteiger partial charge in [0.1, 0.15) is 24.1 Å². The molecule has 290 valence electrons. The molecule has 0 aromatic carbocycles. The third-order valence-electron chi connectivity index (χ3n) is 8.51. The van der Waals surface area contributed by atoms with Gasteiger partial charge in [-0.3, -0.25) is 24.0 Å². The molecule has 1 aliphatic rings. The van der Waals surface area contributed by atoms with Crippen LogP contribution in [0.1, 0.15) is 117 Å². The first kappa shape index (κ1) is 45.4. The lowest BCUT2D eigenvalue weighted by Gasteiger charge is -2.37. The average molecular weight is 715 g/mol. The Morgan fingerprint density at radius 1 is 0.640 bits per heavy atom. The molecule has 4 amide bonds. The number of hydrogen-bond donors (Lipinski definition) is 6. The van der Waals surface area contributed by atoms with Crippen LogP contribution in [0.25, 0.3) is 0 Å². The second kappa shape index (κ2) is 29.0. The van der Waals surface area contributed by atoms with E-state index in [4.69, 9.17) is 14.2 Å². The number of aliphatic hydroxyl groups excluding tert-OH is 2. The summed E-state index contributed by atoms with van der Waals surface area (Å²) >= 11 is 0. The number of ketones is 1. The maximum atomic E-state index is 12.0. The summed E-state index contributed by atoms with van der Waals surface area (Å²) in [6.45, 7) is 7.73. The smallest absolute Gasteiger partial charge is 0.222 e. The van der Waals surface area contributed by atoms with Crippen LogP contribution < -0.4 is 21.3 Å². The zero-order chi connectivity index (χ0) is 37.0. The molecule has 14 nitrogen and oxygen atoms in total. The van der Waals surface area contributed by atoms with E-state index in [1.165, 1.54) is 26.2 Å². The molecule has 0 saturated carbocycles. The molecule has 0 radical (unpaired) electrons. The van der Waals surface area contributed by atoms with Crippen LogP contribution in [0.3, 0.4) is 0 Å². The Morgan fingerprint density at radius 2 is 1.18 bits per heavy atom. The molecule has 1 heterocycles. The highest BCUT2D eigenvalue weighted by molar-refractivity contribution is 5.80. The van der Waals surface area contributed by atoms with Crippen LogP contribution in [0.5, 0.6) is 0 Å². The molecule has 0 unspecified atom stereocenters. The van der Waals surface area contributed by atoms with Gasteiger partial charge >= 0.3 is 0 Å². The first-order chi connectivity index (χ1) is 24.0. The SMILES string of the molecule is CC(=O)N[C@H]1CO[C@H](COCCCCC(=O)NCCCNC(=O)CCOCCNC(=O)CCCCCCCCCCC(=O)C(C)C)[C@H](O)[C@@H]1O. The summed E-state index contributed by atoms with van der Waals surface area (Å²) < 4.78 is 16.5. The van der Waals surface area contributed by atoms with Gasteiger partial charge in [0.25, 0.3) is 0 Å². The fraction of sp³-hybridized carbons (Fsp3) is 0.861. The van der Waals surface area contributed by atoms with Crippen molar-refractivity contribution in [1.29, 1.82) is 0 Å². The highest BCUT2D eigenvalue weighted by Gasteiger charge is 2.38. The van der Waals surface area contributed by atoms with E-state index < -0.39 is 24.4 Å². The molecular formula is C36H66N4O10. The Morgan fingerprint density at radius 3 is 1.78 bits per heavy atom. The van der Waals surface area contributed by atoms with Crippen molar-refractivity contribution in [2.45, 2.75) is 141 Å². The van der Waals surface area contributed by atoms with Gasteiger partial charge in [-0.25, -0.2) is 0 Å². The van der Waals surface area contributed by atoms with Crippen LogP contribution in [0.4, 0.5) is 0 Å². The Kier molecular flexibility index (Phi) is 26.3. The van der Waals surface area contributed by atoms with Gasteiger partial charge < -0.3 is 45.7 Å². The zero-order valence-corrected chi connectivity index (χ0v) is 30.8. The molecular weight excluding hydrogens is 648 g/mol. The van der Waals surface area contributed by atoms with Gasteiger partial charge in [0.05, 0.1) is 32.5 Å². The number of carbonyl (C=O) groups is 5. The van der Waals surface area contributed by atoms with E-state index in [0.29, 0.717) is 77.2 Å². The van der Waals surface area contributed by atoms with E-state index in [1.54, 1.807) is 0 Å². The van der Waals surface area contributed by atoms with Crippen molar-refractivity contribution in [3.63, 3.8) is 0 Å². The molecule has 1 aliphatic heterocycles. The van der Waals surface area contributed by atoms with E-state index in [2.05, 4.69) is 21.3 Å². The van der Waals surface area contributed by atoms with E-state index >= 15 is 0 Å². The summed E-state index contributed by atoms with van der Waals surface area (Å²) in [6.07, 6.45) is 9.31. The van der Waals surface area contributed by atoms with Crippen molar-refractivity contribution in [2.24, 2.45) is 5.92 Å². The largest absolute Gasteiger partial charge is 0.388 e.